The van der Waals surface area contributed by atoms with Gasteiger partial charge in [-0.1, -0.05) is 13.3 Å². The van der Waals surface area contributed by atoms with Crippen molar-refractivity contribution in [2.24, 2.45) is 11.8 Å². The van der Waals surface area contributed by atoms with Crippen LogP contribution in [0.5, 0.6) is 0 Å². The lowest BCUT2D eigenvalue weighted by Crippen LogP contribution is -2.66. The molecule has 10 unspecified atom stereocenters. The first kappa shape index (κ1) is 29.0. The number of alkyl halides is 1. The van der Waals surface area contributed by atoms with Gasteiger partial charge in [0, 0.05) is 43.7 Å². The normalized spacial score (nSPS) is 40.4. The molecule has 37 heavy (non-hydrogen) atoms. The zero-order chi connectivity index (χ0) is 26.2. The molecule has 10 atom stereocenters. The molecule has 2 saturated carbocycles. The highest BCUT2D eigenvalue weighted by molar-refractivity contribution is 6.21. The van der Waals surface area contributed by atoms with Crippen molar-refractivity contribution in [3.63, 3.8) is 0 Å². The van der Waals surface area contributed by atoms with Crippen molar-refractivity contribution < 1.29 is 14.3 Å². The van der Waals surface area contributed by atoms with Gasteiger partial charge < -0.3 is 30.7 Å². The fourth-order valence-electron chi connectivity index (χ4n) is 6.96. The molecule has 2 aliphatic carbocycles. The fraction of sp³-hybridized carbons (Fsp3) is 0.929. The standard InChI is InChI=1S/C28H48ClN5O3/c1-3-7-27(35)34-24-13-21-23(14-26(24)36-4-2)32-16-18(15-30)28(21)33-19-9-10-25(22(29)12-19)37-17-20-8-5-6-11-31-20/h18-26,28,31-33H,3-14,16-17H2,1-2H3,(H,34,35). The molecule has 9 heteroatoms. The van der Waals surface area contributed by atoms with Gasteiger partial charge >= 0.3 is 0 Å². The number of nitriles is 1. The molecule has 4 N–H and O–H groups in total. The van der Waals surface area contributed by atoms with Crippen molar-refractivity contribution >= 4 is 17.5 Å². The van der Waals surface area contributed by atoms with E-state index in [9.17, 15) is 10.1 Å². The zero-order valence-corrected chi connectivity index (χ0v) is 23.5. The molecule has 2 aliphatic heterocycles. The number of fused-ring (bicyclic) bond motifs is 1. The van der Waals surface area contributed by atoms with Gasteiger partial charge in [0.25, 0.3) is 0 Å². The number of amides is 1. The zero-order valence-electron chi connectivity index (χ0n) is 22.7. The van der Waals surface area contributed by atoms with Crippen LogP contribution in [0.4, 0.5) is 0 Å². The Labute approximate surface area is 228 Å². The summed E-state index contributed by atoms with van der Waals surface area (Å²) in [7, 11) is 0. The van der Waals surface area contributed by atoms with Crippen LogP contribution >= 0.6 is 11.6 Å². The third kappa shape index (κ3) is 7.80. The number of carbonyl (C=O) groups excluding carboxylic acids is 1. The smallest absolute Gasteiger partial charge is 0.220 e. The first-order valence-corrected chi connectivity index (χ1v) is 15.2. The summed E-state index contributed by atoms with van der Waals surface area (Å²) in [6, 6.07) is 3.60. The number of piperidine rings is 2. The lowest BCUT2D eigenvalue weighted by molar-refractivity contribution is -0.124. The molecule has 4 rings (SSSR count). The maximum atomic E-state index is 12.5. The molecule has 0 aromatic rings. The van der Waals surface area contributed by atoms with Gasteiger partial charge in [-0.15, -0.1) is 11.6 Å². The van der Waals surface area contributed by atoms with E-state index in [1.807, 2.05) is 13.8 Å². The summed E-state index contributed by atoms with van der Waals surface area (Å²) < 4.78 is 12.3. The summed E-state index contributed by atoms with van der Waals surface area (Å²) in [5.74, 6) is 0.228. The van der Waals surface area contributed by atoms with E-state index >= 15 is 0 Å². The second-order valence-corrected chi connectivity index (χ2v) is 12.1. The van der Waals surface area contributed by atoms with Crippen LogP contribution in [0.15, 0.2) is 0 Å². The van der Waals surface area contributed by atoms with E-state index in [2.05, 4.69) is 27.3 Å². The molecule has 2 saturated heterocycles. The van der Waals surface area contributed by atoms with Crippen molar-refractivity contribution in [1.82, 2.24) is 21.3 Å². The maximum Gasteiger partial charge on any atom is 0.220 e. The minimum atomic E-state index is -0.114. The van der Waals surface area contributed by atoms with Crippen LogP contribution in [-0.4, -0.2) is 80.0 Å². The van der Waals surface area contributed by atoms with Gasteiger partial charge in [-0.3, -0.25) is 4.79 Å². The SMILES string of the molecule is CCCC(=O)NC1CC2C(CC1OCC)NCC(C#N)C2NC1CCC(OCC2CCCCN2)C(Cl)C1. The lowest BCUT2D eigenvalue weighted by Gasteiger charge is -2.50. The quantitative estimate of drug-likeness (QED) is 0.317. The van der Waals surface area contributed by atoms with Crippen molar-refractivity contribution in [3.05, 3.63) is 0 Å². The summed E-state index contributed by atoms with van der Waals surface area (Å²) >= 11 is 6.86. The molecule has 0 radical (unpaired) electrons. The van der Waals surface area contributed by atoms with E-state index < -0.39 is 0 Å². The topological polar surface area (TPSA) is 107 Å². The fourth-order valence-corrected chi connectivity index (χ4v) is 7.37. The lowest BCUT2D eigenvalue weighted by atomic mass is 9.69. The molecule has 0 bridgehead atoms. The van der Waals surface area contributed by atoms with Crippen LogP contribution in [0.2, 0.25) is 0 Å². The van der Waals surface area contributed by atoms with E-state index in [1.165, 1.54) is 19.3 Å². The highest BCUT2D eigenvalue weighted by Crippen LogP contribution is 2.36. The second-order valence-electron chi connectivity index (χ2n) is 11.5. The van der Waals surface area contributed by atoms with Crippen LogP contribution in [0.1, 0.15) is 78.1 Å². The van der Waals surface area contributed by atoms with E-state index in [4.69, 9.17) is 21.1 Å². The first-order valence-electron chi connectivity index (χ1n) is 14.8. The maximum absolute atomic E-state index is 12.5. The Kier molecular flexibility index (Phi) is 11.3. The largest absolute Gasteiger partial charge is 0.376 e. The Morgan fingerprint density at radius 2 is 1.95 bits per heavy atom. The van der Waals surface area contributed by atoms with Crippen molar-refractivity contribution in [1.29, 1.82) is 5.26 Å². The van der Waals surface area contributed by atoms with Gasteiger partial charge in [-0.25, -0.2) is 0 Å². The predicted octanol–water partition coefficient (Wildman–Crippen LogP) is 2.84. The molecule has 1 amide bonds. The third-order valence-electron chi connectivity index (χ3n) is 8.91. The van der Waals surface area contributed by atoms with Crippen molar-refractivity contribution in [3.8, 4) is 6.07 Å². The molecule has 210 valence electrons. The van der Waals surface area contributed by atoms with Crippen molar-refractivity contribution in [2.75, 3.05) is 26.3 Å². The monoisotopic (exact) mass is 537 g/mol. The Morgan fingerprint density at radius 1 is 1.08 bits per heavy atom. The molecule has 8 nitrogen and oxygen atoms in total. The average molecular weight is 538 g/mol. The number of carbonyl (C=O) groups is 1. The van der Waals surface area contributed by atoms with Gasteiger partial charge in [-0.2, -0.15) is 5.26 Å². The van der Waals surface area contributed by atoms with Gasteiger partial charge in [0.1, 0.15) is 0 Å². The Balaban J connectivity index is 1.36. The average Bonchev–Trinajstić information content (AvgIpc) is 2.90. The third-order valence-corrected chi connectivity index (χ3v) is 9.37. The number of rotatable bonds is 10. The first-order chi connectivity index (χ1) is 18.0. The number of nitrogens with one attached hydrogen (secondary N) is 4. The highest BCUT2D eigenvalue weighted by atomic mass is 35.5. The van der Waals surface area contributed by atoms with E-state index in [-0.39, 0.29) is 59.5 Å². The molecule has 4 fully saturated rings. The van der Waals surface area contributed by atoms with Gasteiger partial charge in [0.05, 0.1) is 42.2 Å². The molecular formula is C28H48ClN5O3. The summed E-state index contributed by atoms with van der Waals surface area (Å²) in [5.41, 5.74) is 0. The number of hydrogen-bond acceptors (Lipinski definition) is 7. The molecule has 2 heterocycles. The number of nitrogens with zero attached hydrogens (tertiary/aromatic N) is 1. The molecule has 0 spiro atoms. The minimum Gasteiger partial charge on any atom is -0.376 e. The number of halogens is 1. The predicted molar refractivity (Wildman–Crippen MR) is 145 cm³/mol. The molecular weight excluding hydrogens is 490 g/mol. The molecule has 0 aromatic carbocycles. The Bertz CT molecular complexity index is 761. The summed E-state index contributed by atoms with van der Waals surface area (Å²) in [6.07, 6.45) is 9.61. The summed E-state index contributed by atoms with van der Waals surface area (Å²) in [6.45, 7) is 7.17. The van der Waals surface area contributed by atoms with Crippen molar-refractivity contribution in [2.45, 2.75) is 126 Å². The van der Waals surface area contributed by atoms with E-state index in [1.54, 1.807) is 0 Å². The Hall–Kier alpha value is -0.950. The molecule has 0 aromatic heterocycles. The number of hydrogen-bond donors (Lipinski definition) is 4. The minimum absolute atomic E-state index is 0.00249. The van der Waals surface area contributed by atoms with Crippen LogP contribution in [0.3, 0.4) is 0 Å². The highest BCUT2D eigenvalue weighted by Gasteiger charge is 2.47. The Morgan fingerprint density at radius 3 is 2.65 bits per heavy atom. The molecule has 4 aliphatic rings. The number of ether oxygens (including phenoxy) is 2. The van der Waals surface area contributed by atoms with E-state index in [0.717, 1.165) is 51.7 Å². The van der Waals surface area contributed by atoms with Crippen LogP contribution in [0.25, 0.3) is 0 Å². The summed E-state index contributed by atoms with van der Waals surface area (Å²) in [5, 5.41) is 24.3. The van der Waals surface area contributed by atoms with E-state index in [0.29, 0.717) is 25.6 Å². The van der Waals surface area contributed by atoms with Gasteiger partial charge in [0.2, 0.25) is 5.91 Å². The summed E-state index contributed by atoms with van der Waals surface area (Å²) in [4.78, 5) is 12.5. The van der Waals surface area contributed by atoms with Gasteiger partial charge in [-0.05, 0) is 70.8 Å². The van der Waals surface area contributed by atoms with Crippen LogP contribution in [0, 0.1) is 23.2 Å². The van der Waals surface area contributed by atoms with Gasteiger partial charge in [0.15, 0.2) is 0 Å². The second kappa shape index (κ2) is 14.4. The van der Waals surface area contributed by atoms with Crippen LogP contribution < -0.4 is 21.3 Å². The van der Waals surface area contributed by atoms with Crippen LogP contribution in [-0.2, 0) is 14.3 Å².